The first-order chi connectivity index (χ1) is 7.60. The van der Waals surface area contributed by atoms with Crippen LogP contribution in [0, 0.1) is 17.2 Å². The molecule has 0 saturated carbocycles. The van der Waals surface area contributed by atoms with Crippen molar-refractivity contribution in [2.45, 2.75) is 19.9 Å². The molecule has 0 saturated heterocycles. The number of hydrogen-bond donors (Lipinski definition) is 3. The molecule has 0 amide bonds. The number of aliphatic hydroxyl groups is 1. The predicted octanol–water partition coefficient (Wildman–Crippen LogP) is 1.57. The van der Waals surface area contributed by atoms with Gasteiger partial charge in [0.15, 0.2) is 0 Å². The van der Waals surface area contributed by atoms with E-state index in [-0.39, 0.29) is 18.6 Å². The quantitative estimate of drug-likeness (QED) is 0.671. The molecule has 2 unspecified atom stereocenters. The monoisotopic (exact) mass is 219 g/mol. The van der Waals surface area contributed by atoms with Crippen LogP contribution in [0.15, 0.2) is 18.2 Å². The van der Waals surface area contributed by atoms with Crippen molar-refractivity contribution in [2.75, 3.05) is 17.7 Å². The Labute approximate surface area is 95.7 Å². The summed E-state index contributed by atoms with van der Waals surface area (Å²) < 4.78 is 0. The van der Waals surface area contributed by atoms with Crippen molar-refractivity contribution < 1.29 is 5.11 Å². The minimum Gasteiger partial charge on any atom is -0.396 e. The zero-order valence-corrected chi connectivity index (χ0v) is 9.57. The van der Waals surface area contributed by atoms with Crippen LogP contribution in [-0.2, 0) is 0 Å². The summed E-state index contributed by atoms with van der Waals surface area (Å²) in [6, 6.07) is 7.43. The summed E-state index contributed by atoms with van der Waals surface area (Å²) in [5.74, 6) is 0.130. The van der Waals surface area contributed by atoms with Crippen molar-refractivity contribution in [1.29, 1.82) is 5.26 Å². The number of para-hydroxylation sites is 1. The molecule has 1 rings (SSSR count). The van der Waals surface area contributed by atoms with Crippen LogP contribution < -0.4 is 11.1 Å². The highest BCUT2D eigenvalue weighted by molar-refractivity contribution is 5.73. The van der Waals surface area contributed by atoms with E-state index in [1.165, 1.54) is 0 Å². The number of benzene rings is 1. The molecule has 0 fully saturated rings. The number of nitrogens with zero attached hydrogens (tertiary/aromatic N) is 1. The van der Waals surface area contributed by atoms with Gasteiger partial charge in [-0.2, -0.15) is 5.26 Å². The second-order valence-corrected chi connectivity index (χ2v) is 3.97. The van der Waals surface area contributed by atoms with Crippen molar-refractivity contribution in [3.05, 3.63) is 23.8 Å². The molecule has 0 aliphatic carbocycles. The molecule has 2 atom stereocenters. The van der Waals surface area contributed by atoms with Crippen molar-refractivity contribution in [1.82, 2.24) is 0 Å². The second-order valence-electron chi connectivity index (χ2n) is 3.97. The maximum absolute atomic E-state index is 9.03. The molecule has 0 aliphatic rings. The highest BCUT2D eigenvalue weighted by atomic mass is 16.3. The maximum Gasteiger partial charge on any atom is 0.101 e. The van der Waals surface area contributed by atoms with Crippen LogP contribution in [0.3, 0.4) is 0 Å². The molecule has 0 bridgehead atoms. The molecular weight excluding hydrogens is 202 g/mol. The lowest BCUT2D eigenvalue weighted by Crippen LogP contribution is -2.26. The molecule has 1 aromatic rings. The summed E-state index contributed by atoms with van der Waals surface area (Å²) in [7, 11) is 0. The van der Waals surface area contributed by atoms with Gasteiger partial charge in [-0.25, -0.2) is 0 Å². The molecule has 0 heterocycles. The molecule has 0 spiro atoms. The highest BCUT2D eigenvalue weighted by Gasteiger charge is 2.12. The smallest absolute Gasteiger partial charge is 0.101 e. The first-order valence-corrected chi connectivity index (χ1v) is 5.26. The van der Waals surface area contributed by atoms with E-state index in [0.717, 1.165) is 5.69 Å². The van der Waals surface area contributed by atoms with Crippen molar-refractivity contribution in [2.24, 2.45) is 5.92 Å². The number of nitrogen functional groups attached to an aromatic ring is 1. The Morgan fingerprint density at radius 1 is 1.50 bits per heavy atom. The summed E-state index contributed by atoms with van der Waals surface area (Å²) in [6.07, 6.45) is 0. The predicted molar refractivity (Wildman–Crippen MR) is 64.9 cm³/mol. The SMILES string of the molecule is CC(CO)C(C)Nc1cccc(C#N)c1N. The molecule has 16 heavy (non-hydrogen) atoms. The van der Waals surface area contributed by atoms with E-state index in [0.29, 0.717) is 11.3 Å². The lowest BCUT2D eigenvalue weighted by Gasteiger charge is -2.21. The van der Waals surface area contributed by atoms with Crippen LogP contribution in [0.1, 0.15) is 19.4 Å². The van der Waals surface area contributed by atoms with Crippen LogP contribution >= 0.6 is 0 Å². The van der Waals surface area contributed by atoms with E-state index in [1.807, 2.05) is 26.0 Å². The first-order valence-electron chi connectivity index (χ1n) is 5.26. The number of anilines is 2. The third-order valence-corrected chi connectivity index (χ3v) is 2.75. The largest absolute Gasteiger partial charge is 0.396 e. The number of nitriles is 1. The lowest BCUT2D eigenvalue weighted by molar-refractivity contribution is 0.226. The zero-order valence-electron chi connectivity index (χ0n) is 9.57. The lowest BCUT2D eigenvalue weighted by atomic mass is 10.0. The van der Waals surface area contributed by atoms with Crippen LogP contribution in [0.5, 0.6) is 0 Å². The minimum absolute atomic E-state index is 0.0984. The maximum atomic E-state index is 9.03. The first kappa shape index (κ1) is 12.3. The molecule has 1 aromatic carbocycles. The summed E-state index contributed by atoms with van der Waals surface area (Å²) in [4.78, 5) is 0. The molecule has 0 radical (unpaired) electrons. The van der Waals surface area contributed by atoms with Gasteiger partial charge < -0.3 is 16.2 Å². The number of hydrogen-bond acceptors (Lipinski definition) is 4. The molecule has 0 aliphatic heterocycles. The van der Waals surface area contributed by atoms with Gasteiger partial charge in [0.2, 0.25) is 0 Å². The van der Waals surface area contributed by atoms with Crippen LogP contribution in [-0.4, -0.2) is 17.8 Å². The number of nitrogens with one attached hydrogen (secondary N) is 1. The average molecular weight is 219 g/mol. The fraction of sp³-hybridized carbons (Fsp3) is 0.417. The summed E-state index contributed by atoms with van der Waals surface area (Å²) in [5.41, 5.74) is 7.51. The van der Waals surface area contributed by atoms with Gasteiger partial charge in [0.1, 0.15) is 6.07 Å². The number of rotatable bonds is 4. The number of nitrogens with two attached hydrogens (primary N) is 1. The van der Waals surface area contributed by atoms with Crippen LogP contribution in [0.25, 0.3) is 0 Å². The van der Waals surface area contributed by atoms with Crippen LogP contribution in [0.2, 0.25) is 0 Å². The van der Waals surface area contributed by atoms with E-state index in [2.05, 4.69) is 5.32 Å². The Morgan fingerprint density at radius 3 is 2.75 bits per heavy atom. The molecule has 4 heteroatoms. The molecule has 0 aromatic heterocycles. The van der Waals surface area contributed by atoms with Gasteiger partial charge in [0, 0.05) is 12.6 Å². The highest BCUT2D eigenvalue weighted by Crippen LogP contribution is 2.23. The average Bonchev–Trinajstić information content (AvgIpc) is 2.30. The normalized spacial score (nSPS) is 13.9. The Hall–Kier alpha value is -1.73. The fourth-order valence-corrected chi connectivity index (χ4v) is 1.33. The summed E-state index contributed by atoms with van der Waals surface area (Å²) in [5, 5.41) is 21.1. The van der Waals surface area contributed by atoms with Gasteiger partial charge in [-0.3, -0.25) is 0 Å². The van der Waals surface area contributed by atoms with E-state index >= 15 is 0 Å². The molecule has 4 N–H and O–H groups in total. The van der Waals surface area contributed by atoms with Gasteiger partial charge >= 0.3 is 0 Å². The zero-order chi connectivity index (χ0) is 12.1. The van der Waals surface area contributed by atoms with Crippen molar-refractivity contribution in [3.63, 3.8) is 0 Å². The summed E-state index contributed by atoms with van der Waals surface area (Å²) >= 11 is 0. The minimum atomic E-state index is 0.0984. The second kappa shape index (κ2) is 5.38. The fourth-order valence-electron chi connectivity index (χ4n) is 1.33. The Morgan fingerprint density at radius 2 is 2.19 bits per heavy atom. The molecule has 86 valence electrons. The molecular formula is C12H17N3O. The number of aliphatic hydroxyl groups excluding tert-OH is 1. The third kappa shape index (κ3) is 2.65. The van der Waals surface area contributed by atoms with Crippen molar-refractivity contribution in [3.8, 4) is 6.07 Å². The van der Waals surface area contributed by atoms with Crippen molar-refractivity contribution >= 4 is 11.4 Å². The van der Waals surface area contributed by atoms with Gasteiger partial charge in [-0.1, -0.05) is 13.0 Å². The Kier molecular flexibility index (Phi) is 4.15. The topological polar surface area (TPSA) is 82.1 Å². The van der Waals surface area contributed by atoms with Crippen LogP contribution in [0.4, 0.5) is 11.4 Å². The van der Waals surface area contributed by atoms with Gasteiger partial charge in [-0.05, 0) is 25.0 Å². The van der Waals surface area contributed by atoms with Gasteiger partial charge in [-0.15, -0.1) is 0 Å². The van der Waals surface area contributed by atoms with E-state index in [1.54, 1.807) is 12.1 Å². The third-order valence-electron chi connectivity index (χ3n) is 2.75. The van der Waals surface area contributed by atoms with E-state index < -0.39 is 0 Å². The summed E-state index contributed by atoms with van der Waals surface area (Å²) in [6.45, 7) is 4.04. The van der Waals surface area contributed by atoms with E-state index in [9.17, 15) is 0 Å². The Balaban J connectivity index is 2.86. The van der Waals surface area contributed by atoms with Gasteiger partial charge in [0.25, 0.3) is 0 Å². The molecule has 4 nitrogen and oxygen atoms in total. The van der Waals surface area contributed by atoms with E-state index in [4.69, 9.17) is 16.1 Å². The standard InChI is InChI=1S/C12H17N3O/c1-8(7-16)9(2)15-11-5-3-4-10(6-13)12(11)14/h3-5,8-9,15-16H,7,14H2,1-2H3. The van der Waals surface area contributed by atoms with Gasteiger partial charge in [0.05, 0.1) is 16.9 Å². The Bertz CT molecular complexity index is 398.